The molecule has 0 unspecified atom stereocenters. The van der Waals surface area contributed by atoms with Gasteiger partial charge in [0.05, 0.1) is 18.3 Å². The predicted molar refractivity (Wildman–Crippen MR) is 110 cm³/mol. The summed E-state index contributed by atoms with van der Waals surface area (Å²) in [6.07, 6.45) is 0.765. The van der Waals surface area contributed by atoms with E-state index < -0.39 is 16.6 Å². The molecule has 2 rings (SSSR count). The summed E-state index contributed by atoms with van der Waals surface area (Å²) < 4.78 is 13.1. The monoisotopic (exact) mass is 387 g/mol. The van der Waals surface area contributed by atoms with Crippen LogP contribution in [0.15, 0.2) is 0 Å². The van der Waals surface area contributed by atoms with Crippen molar-refractivity contribution in [1.82, 2.24) is 4.90 Å². The topological polar surface area (TPSA) is 41.9 Å². The van der Waals surface area contributed by atoms with Gasteiger partial charge in [-0.05, 0) is 42.7 Å². The maximum Gasteiger partial charge on any atom is 0.192 e. The highest BCUT2D eigenvalue weighted by molar-refractivity contribution is 6.74. The van der Waals surface area contributed by atoms with Crippen LogP contribution in [0.3, 0.4) is 0 Å². The third-order valence-electron chi connectivity index (χ3n) is 7.12. The van der Waals surface area contributed by atoms with Gasteiger partial charge in [-0.15, -0.1) is 0 Å². The number of rotatable bonds is 4. The first-order valence-electron chi connectivity index (χ1n) is 9.83. The van der Waals surface area contributed by atoms with Crippen molar-refractivity contribution >= 4 is 16.6 Å². The number of hydrogen-bond acceptors (Lipinski definition) is 4. The molecule has 0 amide bonds. The molecule has 2 saturated heterocycles. The van der Waals surface area contributed by atoms with E-state index in [0.717, 1.165) is 19.5 Å². The van der Waals surface area contributed by atoms with E-state index in [-0.39, 0.29) is 34.4 Å². The minimum Gasteiger partial charge on any atom is -0.413 e. The van der Waals surface area contributed by atoms with Crippen molar-refractivity contribution in [3.63, 3.8) is 0 Å². The number of aliphatic hydroxyl groups excluding tert-OH is 1. The van der Waals surface area contributed by atoms with Crippen LogP contribution in [0.5, 0.6) is 0 Å². The highest BCUT2D eigenvalue weighted by Crippen LogP contribution is 2.42. The van der Waals surface area contributed by atoms with Crippen molar-refractivity contribution in [1.29, 1.82) is 0 Å². The fourth-order valence-corrected chi connectivity index (χ4v) is 6.07. The summed E-state index contributed by atoms with van der Waals surface area (Å²) in [6, 6.07) is 0.199. The molecule has 1 N–H and O–H groups in total. The van der Waals surface area contributed by atoms with Crippen molar-refractivity contribution in [3.8, 4) is 0 Å². The number of fused-ring (bicyclic) bond motifs is 1. The minimum atomic E-state index is -1.85. The molecule has 148 valence electrons. The quantitative estimate of drug-likeness (QED) is 0.734. The Labute approximate surface area is 157 Å². The van der Waals surface area contributed by atoms with Gasteiger partial charge in [-0.3, -0.25) is 4.90 Å². The predicted octanol–water partition coefficient (Wildman–Crippen LogP) is 4.22. The van der Waals surface area contributed by atoms with E-state index in [1.807, 2.05) is 0 Å². The first-order valence-corrected chi connectivity index (χ1v) is 15.6. The second kappa shape index (κ2) is 6.71. The molecule has 4 nitrogen and oxygen atoms in total. The molecule has 25 heavy (non-hydrogen) atoms. The first-order chi connectivity index (χ1) is 11.1. The second-order valence-corrected chi connectivity index (χ2v) is 20.7. The highest BCUT2D eigenvalue weighted by atomic mass is 28.4. The zero-order valence-corrected chi connectivity index (χ0v) is 20.1. The lowest BCUT2D eigenvalue weighted by molar-refractivity contribution is 0.0413. The van der Waals surface area contributed by atoms with Crippen LogP contribution in [0.1, 0.15) is 48.0 Å². The van der Waals surface area contributed by atoms with Gasteiger partial charge in [-0.2, -0.15) is 0 Å². The van der Waals surface area contributed by atoms with E-state index in [1.54, 1.807) is 0 Å². The van der Waals surface area contributed by atoms with Crippen LogP contribution in [0.4, 0.5) is 0 Å². The zero-order valence-electron chi connectivity index (χ0n) is 18.1. The lowest BCUT2D eigenvalue weighted by atomic mass is 10.1. The van der Waals surface area contributed by atoms with Crippen molar-refractivity contribution in [2.75, 3.05) is 13.1 Å². The van der Waals surface area contributed by atoms with Gasteiger partial charge in [0.1, 0.15) is 0 Å². The van der Waals surface area contributed by atoms with Gasteiger partial charge < -0.3 is 14.0 Å². The standard InChI is InChI=1S/C19H41NO3Si2/c1-18(2,3)24(7,8)22-14-11-15-17(21)16(13-20(15)12-14)23-25(9,10)19(4,5)6/h14-17,21H,11-13H2,1-10H3/t14-,15+,16-,17+/m1/s1. The summed E-state index contributed by atoms with van der Waals surface area (Å²) in [4.78, 5) is 2.40. The molecule has 2 aliphatic rings. The van der Waals surface area contributed by atoms with Crippen LogP contribution < -0.4 is 0 Å². The van der Waals surface area contributed by atoms with Crippen LogP contribution in [-0.4, -0.2) is 64.1 Å². The molecule has 0 aromatic rings. The van der Waals surface area contributed by atoms with E-state index in [1.165, 1.54) is 0 Å². The van der Waals surface area contributed by atoms with Gasteiger partial charge in [-0.1, -0.05) is 41.5 Å². The Kier molecular flexibility index (Phi) is 5.79. The van der Waals surface area contributed by atoms with Crippen LogP contribution >= 0.6 is 0 Å². The van der Waals surface area contributed by atoms with Crippen LogP contribution in [0.25, 0.3) is 0 Å². The summed E-state index contributed by atoms with van der Waals surface area (Å²) in [5, 5.41) is 11.3. The Morgan fingerprint density at radius 1 is 0.840 bits per heavy atom. The lowest BCUT2D eigenvalue weighted by Gasteiger charge is -2.40. The van der Waals surface area contributed by atoms with Crippen molar-refractivity contribution in [2.45, 2.75) is 109 Å². The largest absolute Gasteiger partial charge is 0.413 e. The SMILES string of the molecule is CC(C)(C)[Si](C)(C)O[C@@H]1C[C@H]2[C@H](O)[C@H](O[Si](C)(C)C(C)(C)C)CN2C1. The molecular weight excluding hydrogens is 346 g/mol. The molecule has 0 saturated carbocycles. The Morgan fingerprint density at radius 3 is 1.76 bits per heavy atom. The van der Waals surface area contributed by atoms with E-state index in [9.17, 15) is 5.11 Å². The molecule has 0 aliphatic carbocycles. The lowest BCUT2D eigenvalue weighted by Crippen LogP contribution is -2.48. The fourth-order valence-electron chi connectivity index (χ4n) is 3.38. The van der Waals surface area contributed by atoms with Crippen molar-refractivity contribution in [2.24, 2.45) is 0 Å². The highest BCUT2D eigenvalue weighted by Gasteiger charge is 2.51. The fraction of sp³-hybridized carbons (Fsp3) is 1.00. The zero-order chi connectivity index (χ0) is 19.4. The Balaban J connectivity index is 1.97. The maximum absolute atomic E-state index is 10.9. The van der Waals surface area contributed by atoms with E-state index in [4.69, 9.17) is 8.85 Å². The normalized spacial score (nSPS) is 32.3. The molecule has 2 heterocycles. The Morgan fingerprint density at radius 2 is 1.32 bits per heavy atom. The molecule has 2 fully saturated rings. The number of nitrogens with zero attached hydrogens (tertiary/aromatic N) is 1. The molecule has 0 spiro atoms. The molecule has 2 aliphatic heterocycles. The third-order valence-corrected chi connectivity index (χ3v) is 16.2. The summed E-state index contributed by atoms with van der Waals surface area (Å²) in [5.41, 5.74) is 0. The summed E-state index contributed by atoms with van der Waals surface area (Å²) >= 11 is 0. The minimum absolute atomic E-state index is 0.0419. The van der Waals surface area contributed by atoms with Crippen LogP contribution in [0, 0.1) is 0 Å². The van der Waals surface area contributed by atoms with Crippen LogP contribution in [0.2, 0.25) is 36.3 Å². The molecule has 4 atom stereocenters. The van der Waals surface area contributed by atoms with E-state index in [0.29, 0.717) is 0 Å². The van der Waals surface area contributed by atoms with E-state index >= 15 is 0 Å². The molecule has 0 bridgehead atoms. The summed E-state index contributed by atoms with van der Waals surface area (Å²) in [6.45, 7) is 24.6. The van der Waals surface area contributed by atoms with Gasteiger partial charge in [0.15, 0.2) is 16.6 Å². The molecule has 0 aromatic heterocycles. The van der Waals surface area contributed by atoms with Gasteiger partial charge in [-0.25, -0.2) is 0 Å². The first kappa shape index (κ1) is 21.6. The van der Waals surface area contributed by atoms with Gasteiger partial charge >= 0.3 is 0 Å². The smallest absolute Gasteiger partial charge is 0.192 e. The molecular formula is C19H41NO3Si2. The summed E-state index contributed by atoms with van der Waals surface area (Å²) in [5.74, 6) is 0. The Bertz CT molecular complexity index is 482. The number of hydrogen-bond donors (Lipinski definition) is 1. The van der Waals surface area contributed by atoms with E-state index in [2.05, 4.69) is 72.6 Å². The van der Waals surface area contributed by atoms with Crippen LogP contribution in [-0.2, 0) is 8.85 Å². The van der Waals surface area contributed by atoms with Gasteiger partial charge in [0, 0.05) is 19.1 Å². The molecule has 0 radical (unpaired) electrons. The second-order valence-electron chi connectivity index (χ2n) is 11.2. The average Bonchev–Trinajstić information content (AvgIpc) is 2.86. The van der Waals surface area contributed by atoms with Gasteiger partial charge in [0.2, 0.25) is 0 Å². The Hall–Kier alpha value is 0.274. The maximum atomic E-state index is 10.9. The summed E-state index contributed by atoms with van der Waals surface area (Å²) in [7, 11) is -3.60. The van der Waals surface area contributed by atoms with Crippen molar-refractivity contribution < 1.29 is 14.0 Å². The third kappa shape index (κ3) is 4.41. The van der Waals surface area contributed by atoms with Gasteiger partial charge in [0.25, 0.3) is 0 Å². The number of aliphatic hydroxyl groups is 1. The molecule has 6 heteroatoms. The van der Waals surface area contributed by atoms with Crippen molar-refractivity contribution in [3.05, 3.63) is 0 Å². The average molecular weight is 388 g/mol. The molecule has 0 aromatic carbocycles.